The Labute approximate surface area is 102 Å². The van der Waals surface area contributed by atoms with Gasteiger partial charge in [-0.15, -0.1) is 0 Å². The minimum atomic E-state index is -0.463. The van der Waals surface area contributed by atoms with Crippen LogP contribution in [0.4, 0.5) is 5.69 Å². The van der Waals surface area contributed by atoms with Crippen molar-refractivity contribution < 1.29 is 4.92 Å². The van der Waals surface area contributed by atoms with E-state index in [4.69, 9.17) is 0 Å². The van der Waals surface area contributed by atoms with E-state index < -0.39 is 4.92 Å². The number of nitro benzene ring substituents is 1. The zero-order valence-corrected chi connectivity index (χ0v) is 9.71. The van der Waals surface area contributed by atoms with Crippen molar-refractivity contribution in [3.05, 3.63) is 56.5 Å². The number of aromatic amines is 1. The topological polar surface area (TPSA) is 88.9 Å². The van der Waals surface area contributed by atoms with Gasteiger partial charge in [-0.2, -0.15) is 5.10 Å². The molecule has 2 rings (SSSR count). The smallest absolute Gasteiger partial charge is 0.268 e. The van der Waals surface area contributed by atoms with E-state index in [2.05, 4.69) is 10.2 Å². The molecule has 1 heterocycles. The van der Waals surface area contributed by atoms with E-state index in [0.717, 1.165) is 0 Å². The number of non-ortho nitro benzene ring substituents is 1. The van der Waals surface area contributed by atoms with Crippen molar-refractivity contribution in [2.24, 2.45) is 0 Å². The fourth-order valence-corrected chi connectivity index (χ4v) is 1.74. The van der Waals surface area contributed by atoms with Crippen molar-refractivity contribution in [2.45, 2.75) is 13.3 Å². The average Bonchev–Trinajstić information content (AvgIpc) is 2.39. The molecule has 6 nitrogen and oxygen atoms in total. The van der Waals surface area contributed by atoms with Crippen LogP contribution in [0.15, 0.2) is 35.1 Å². The third-order valence-electron chi connectivity index (χ3n) is 2.59. The summed E-state index contributed by atoms with van der Waals surface area (Å²) in [5, 5.41) is 17.0. The van der Waals surface area contributed by atoms with Crippen molar-refractivity contribution in [1.29, 1.82) is 0 Å². The molecule has 0 aliphatic heterocycles. The highest BCUT2D eigenvalue weighted by Gasteiger charge is 2.11. The molecule has 6 heteroatoms. The average molecular weight is 245 g/mol. The molecule has 2 aromatic rings. The maximum atomic E-state index is 11.3. The van der Waals surface area contributed by atoms with Gasteiger partial charge in [0, 0.05) is 23.8 Å². The predicted molar refractivity (Wildman–Crippen MR) is 66.3 cm³/mol. The zero-order valence-electron chi connectivity index (χ0n) is 9.71. The van der Waals surface area contributed by atoms with Gasteiger partial charge in [-0.25, -0.2) is 5.10 Å². The van der Waals surface area contributed by atoms with Crippen LogP contribution < -0.4 is 5.56 Å². The van der Waals surface area contributed by atoms with Crippen LogP contribution in [0.3, 0.4) is 0 Å². The standard InChI is InChI=1S/C12H11N3O3/c1-2-11-10(7-12(16)14-13-11)8-4-3-5-9(6-8)15(17)18/h3-7H,2H2,1H3,(H,14,16). The van der Waals surface area contributed by atoms with E-state index in [1.807, 2.05) is 6.92 Å². The Kier molecular flexibility index (Phi) is 3.18. The van der Waals surface area contributed by atoms with Crippen LogP contribution in [0.2, 0.25) is 0 Å². The van der Waals surface area contributed by atoms with Crippen LogP contribution >= 0.6 is 0 Å². The van der Waals surface area contributed by atoms with Gasteiger partial charge in [-0.1, -0.05) is 19.1 Å². The molecule has 0 spiro atoms. The first-order valence-electron chi connectivity index (χ1n) is 5.45. The number of benzene rings is 1. The molecule has 0 saturated heterocycles. The fourth-order valence-electron chi connectivity index (χ4n) is 1.74. The number of H-pyrrole nitrogens is 1. The number of rotatable bonds is 3. The molecule has 18 heavy (non-hydrogen) atoms. The van der Waals surface area contributed by atoms with Crippen molar-refractivity contribution in [3.8, 4) is 11.1 Å². The summed E-state index contributed by atoms with van der Waals surface area (Å²) in [6.07, 6.45) is 0.634. The Morgan fingerprint density at radius 2 is 2.17 bits per heavy atom. The Morgan fingerprint density at radius 1 is 1.39 bits per heavy atom. The molecule has 0 unspecified atom stereocenters. The molecule has 0 radical (unpaired) electrons. The van der Waals surface area contributed by atoms with Crippen LogP contribution in [0.25, 0.3) is 11.1 Å². The summed E-state index contributed by atoms with van der Waals surface area (Å²) in [4.78, 5) is 21.6. The fraction of sp³-hybridized carbons (Fsp3) is 0.167. The number of hydrogen-bond donors (Lipinski definition) is 1. The summed E-state index contributed by atoms with van der Waals surface area (Å²) < 4.78 is 0. The highest BCUT2D eigenvalue weighted by Crippen LogP contribution is 2.24. The van der Waals surface area contributed by atoms with Gasteiger partial charge >= 0.3 is 0 Å². The highest BCUT2D eigenvalue weighted by atomic mass is 16.6. The molecule has 1 aromatic carbocycles. The van der Waals surface area contributed by atoms with E-state index >= 15 is 0 Å². The van der Waals surface area contributed by atoms with Crippen molar-refractivity contribution in [2.75, 3.05) is 0 Å². The maximum absolute atomic E-state index is 11.3. The second-order valence-electron chi connectivity index (χ2n) is 3.75. The first-order chi connectivity index (χ1) is 8.61. The second kappa shape index (κ2) is 4.79. The molecular formula is C12H11N3O3. The first-order valence-corrected chi connectivity index (χ1v) is 5.45. The number of hydrogen-bond acceptors (Lipinski definition) is 4. The molecule has 0 aliphatic rings. The number of nitrogens with one attached hydrogen (secondary N) is 1. The summed E-state index contributed by atoms with van der Waals surface area (Å²) in [6.45, 7) is 1.90. The third-order valence-corrected chi connectivity index (χ3v) is 2.59. The molecule has 0 atom stereocenters. The third kappa shape index (κ3) is 2.27. The zero-order chi connectivity index (χ0) is 13.1. The molecule has 0 amide bonds. The van der Waals surface area contributed by atoms with E-state index in [1.54, 1.807) is 12.1 Å². The molecule has 92 valence electrons. The van der Waals surface area contributed by atoms with Gasteiger partial charge < -0.3 is 0 Å². The lowest BCUT2D eigenvalue weighted by Crippen LogP contribution is -2.10. The van der Waals surface area contributed by atoms with E-state index in [0.29, 0.717) is 23.2 Å². The van der Waals surface area contributed by atoms with Crippen LogP contribution in [-0.2, 0) is 6.42 Å². The maximum Gasteiger partial charge on any atom is 0.270 e. The number of nitrogens with zero attached hydrogens (tertiary/aromatic N) is 2. The summed E-state index contributed by atoms with van der Waals surface area (Å²) in [6, 6.07) is 7.58. The van der Waals surface area contributed by atoms with E-state index in [1.165, 1.54) is 18.2 Å². The van der Waals surface area contributed by atoms with Crippen molar-refractivity contribution >= 4 is 5.69 Å². The number of aryl methyl sites for hydroxylation is 1. The van der Waals surface area contributed by atoms with Gasteiger partial charge in [0.1, 0.15) is 0 Å². The Morgan fingerprint density at radius 3 is 2.83 bits per heavy atom. The van der Waals surface area contributed by atoms with Gasteiger partial charge in [0.25, 0.3) is 11.2 Å². The molecule has 1 aromatic heterocycles. The van der Waals surface area contributed by atoms with Crippen molar-refractivity contribution in [3.63, 3.8) is 0 Å². The first kappa shape index (κ1) is 12.0. The molecule has 1 N–H and O–H groups in total. The van der Waals surface area contributed by atoms with Gasteiger partial charge in [-0.3, -0.25) is 14.9 Å². The Bertz CT molecular complexity index is 649. The van der Waals surface area contributed by atoms with Crippen LogP contribution in [0, 0.1) is 10.1 Å². The summed E-state index contributed by atoms with van der Waals surface area (Å²) in [5.74, 6) is 0. The van der Waals surface area contributed by atoms with Crippen LogP contribution in [0.1, 0.15) is 12.6 Å². The molecular weight excluding hydrogens is 234 g/mol. The summed E-state index contributed by atoms with van der Waals surface area (Å²) >= 11 is 0. The van der Waals surface area contributed by atoms with E-state index in [-0.39, 0.29) is 11.2 Å². The van der Waals surface area contributed by atoms with Crippen molar-refractivity contribution in [1.82, 2.24) is 10.2 Å². The van der Waals surface area contributed by atoms with Gasteiger partial charge in [0.2, 0.25) is 0 Å². The quantitative estimate of drug-likeness (QED) is 0.660. The minimum Gasteiger partial charge on any atom is -0.268 e. The largest absolute Gasteiger partial charge is 0.270 e. The molecule has 0 fully saturated rings. The summed E-state index contributed by atoms with van der Waals surface area (Å²) in [7, 11) is 0. The second-order valence-corrected chi connectivity index (χ2v) is 3.75. The monoisotopic (exact) mass is 245 g/mol. The lowest BCUT2D eigenvalue weighted by Gasteiger charge is -2.05. The van der Waals surface area contributed by atoms with Crippen LogP contribution in [0.5, 0.6) is 0 Å². The van der Waals surface area contributed by atoms with Crippen LogP contribution in [-0.4, -0.2) is 15.1 Å². The number of nitro groups is 1. The lowest BCUT2D eigenvalue weighted by atomic mass is 10.0. The lowest BCUT2D eigenvalue weighted by molar-refractivity contribution is -0.384. The molecule has 0 saturated carbocycles. The minimum absolute atomic E-state index is 0.00478. The van der Waals surface area contributed by atoms with Gasteiger partial charge in [-0.05, 0) is 12.0 Å². The molecule has 0 aliphatic carbocycles. The highest BCUT2D eigenvalue weighted by molar-refractivity contribution is 5.67. The number of aromatic nitrogens is 2. The Balaban J connectivity index is 2.61. The Hall–Kier alpha value is -2.50. The molecule has 0 bridgehead atoms. The summed E-state index contributed by atoms with van der Waals surface area (Å²) in [5.41, 5.74) is 1.63. The SMILES string of the molecule is CCc1n[nH]c(=O)cc1-c1cccc([N+](=O)[O-])c1. The van der Waals surface area contributed by atoms with Gasteiger partial charge in [0.05, 0.1) is 10.6 Å². The van der Waals surface area contributed by atoms with E-state index in [9.17, 15) is 14.9 Å². The predicted octanol–water partition coefficient (Wildman–Crippen LogP) is 1.91. The normalized spacial score (nSPS) is 10.3. The van der Waals surface area contributed by atoms with Gasteiger partial charge in [0.15, 0.2) is 0 Å².